The molecule has 1 saturated heterocycles. The van der Waals surface area contributed by atoms with Crippen LogP contribution >= 0.6 is 23.4 Å². The zero-order valence-corrected chi connectivity index (χ0v) is 10.9. The van der Waals surface area contributed by atoms with Gasteiger partial charge in [0, 0.05) is 29.8 Å². The van der Waals surface area contributed by atoms with Crippen LogP contribution in [0.1, 0.15) is 12.8 Å². The molecule has 1 aromatic rings. The van der Waals surface area contributed by atoms with E-state index in [1.807, 2.05) is 12.3 Å². The predicted octanol–water partition coefficient (Wildman–Crippen LogP) is 3.65. The molecular formula is C12H16ClNOS. The maximum absolute atomic E-state index is 6.16. The van der Waals surface area contributed by atoms with Crippen LogP contribution in [0.25, 0.3) is 0 Å². The Hall–Kier alpha value is -0.380. The van der Waals surface area contributed by atoms with Gasteiger partial charge in [-0.05, 0) is 37.3 Å². The summed E-state index contributed by atoms with van der Waals surface area (Å²) in [6, 6.07) is 6.68. The summed E-state index contributed by atoms with van der Waals surface area (Å²) in [5.41, 5.74) is 1.11. The topological polar surface area (TPSA) is 21.3 Å². The highest BCUT2D eigenvalue weighted by atomic mass is 35.5. The Labute approximate surface area is 106 Å². The Kier molecular flexibility index (Phi) is 4.38. The molecule has 1 aliphatic heterocycles. The van der Waals surface area contributed by atoms with Crippen molar-refractivity contribution in [3.63, 3.8) is 0 Å². The van der Waals surface area contributed by atoms with E-state index in [4.69, 9.17) is 16.3 Å². The Morgan fingerprint density at radius 1 is 1.38 bits per heavy atom. The van der Waals surface area contributed by atoms with Gasteiger partial charge in [-0.3, -0.25) is 0 Å². The predicted molar refractivity (Wildman–Crippen MR) is 70.7 cm³/mol. The van der Waals surface area contributed by atoms with Crippen molar-refractivity contribution in [3.8, 4) is 0 Å². The third kappa shape index (κ3) is 3.06. The fourth-order valence-corrected chi connectivity index (χ4v) is 2.70. The standard InChI is InChI=1S/C12H16ClNOS/c1-16-12-3-2-10(8-11(12)13)14-9-4-6-15-7-5-9/h2-3,8-9,14H,4-7H2,1H3. The van der Waals surface area contributed by atoms with Gasteiger partial charge in [-0.15, -0.1) is 11.8 Å². The highest BCUT2D eigenvalue weighted by Crippen LogP contribution is 2.28. The largest absolute Gasteiger partial charge is 0.382 e. The van der Waals surface area contributed by atoms with Gasteiger partial charge in [0.15, 0.2) is 0 Å². The molecule has 0 atom stereocenters. The highest BCUT2D eigenvalue weighted by Gasteiger charge is 2.13. The summed E-state index contributed by atoms with van der Waals surface area (Å²) in [6.45, 7) is 1.71. The first-order valence-corrected chi connectivity index (χ1v) is 7.07. The Morgan fingerprint density at radius 3 is 2.75 bits per heavy atom. The molecule has 4 heteroatoms. The van der Waals surface area contributed by atoms with E-state index in [2.05, 4.69) is 17.4 Å². The van der Waals surface area contributed by atoms with Gasteiger partial charge in [-0.1, -0.05) is 11.6 Å². The summed E-state index contributed by atoms with van der Waals surface area (Å²) in [4.78, 5) is 1.12. The van der Waals surface area contributed by atoms with Crippen molar-refractivity contribution in [1.82, 2.24) is 0 Å². The minimum atomic E-state index is 0.518. The van der Waals surface area contributed by atoms with E-state index in [1.165, 1.54) is 0 Å². The molecule has 2 nitrogen and oxygen atoms in total. The maximum atomic E-state index is 6.16. The number of rotatable bonds is 3. The lowest BCUT2D eigenvalue weighted by Crippen LogP contribution is -2.27. The van der Waals surface area contributed by atoms with E-state index >= 15 is 0 Å². The minimum Gasteiger partial charge on any atom is -0.382 e. The molecule has 0 saturated carbocycles. The van der Waals surface area contributed by atoms with Gasteiger partial charge in [0.05, 0.1) is 5.02 Å². The molecule has 0 aliphatic carbocycles. The summed E-state index contributed by atoms with van der Waals surface area (Å²) in [7, 11) is 0. The van der Waals surface area contributed by atoms with Crippen LogP contribution in [-0.2, 0) is 4.74 Å². The first-order chi connectivity index (χ1) is 7.79. The normalized spacial score (nSPS) is 17.4. The molecule has 1 fully saturated rings. The van der Waals surface area contributed by atoms with Crippen LogP contribution in [0.5, 0.6) is 0 Å². The number of thioether (sulfide) groups is 1. The molecule has 1 aromatic carbocycles. The fraction of sp³-hybridized carbons (Fsp3) is 0.500. The third-order valence-electron chi connectivity index (χ3n) is 2.74. The number of hydrogen-bond acceptors (Lipinski definition) is 3. The number of halogens is 1. The summed E-state index contributed by atoms with van der Waals surface area (Å²) >= 11 is 7.83. The Balaban J connectivity index is 2.01. The summed E-state index contributed by atoms with van der Waals surface area (Å²) < 4.78 is 5.33. The second-order valence-corrected chi connectivity index (χ2v) is 5.14. The summed E-state index contributed by atoms with van der Waals surface area (Å²) in [6.07, 6.45) is 4.18. The van der Waals surface area contributed by atoms with E-state index in [0.717, 1.165) is 41.7 Å². The van der Waals surface area contributed by atoms with Crippen molar-refractivity contribution in [1.29, 1.82) is 0 Å². The van der Waals surface area contributed by atoms with Gasteiger partial charge in [-0.2, -0.15) is 0 Å². The molecule has 16 heavy (non-hydrogen) atoms. The minimum absolute atomic E-state index is 0.518. The van der Waals surface area contributed by atoms with Crippen molar-refractivity contribution in [2.24, 2.45) is 0 Å². The number of hydrogen-bond donors (Lipinski definition) is 1. The van der Waals surface area contributed by atoms with Crippen LogP contribution in [0.4, 0.5) is 5.69 Å². The van der Waals surface area contributed by atoms with Crippen molar-refractivity contribution in [3.05, 3.63) is 23.2 Å². The van der Waals surface area contributed by atoms with Crippen LogP contribution in [0.15, 0.2) is 23.1 Å². The summed E-state index contributed by atoms with van der Waals surface area (Å²) in [5.74, 6) is 0. The lowest BCUT2D eigenvalue weighted by Gasteiger charge is -2.24. The molecule has 88 valence electrons. The Bertz CT molecular complexity index is 353. The maximum Gasteiger partial charge on any atom is 0.0562 e. The van der Waals surface area contributed by atoms with Crippen LogP contribution in [0, 0.1) is 0 Å². The second kappa shape index (κ2) is 5.80. The zero-order valence-electron chi connectivity index (χ0n) is 9.33. The molecule has 1 N–H and O–H groups in total. The zero-order chi connectivity index (χ0) is 11.4. The van der Waals surface area contributed by atoms with E-state index in [9.17, 15) is 0 Å². The first-order valence-electron chi connectivity index (χ1n) is 5.47. The van der Waals surface area contributed by atoms with Gasteiger partial charge >= 0.3 is 0 Å². The van der Waals surface area contributed by atoms with Crippen molar-refractivity contribution in [2.45, 2.75) is 23.8 Å². The Morgan fingerprint density at radius 2 is 2.12 bits per heavy atom. The highest BCUT2D eigenvalue weighted by molar-refractivity contribution is 7.98. The molecular weight excluding hydrogens is 242 g/mol. The van der Waals surface area contributed by atoms with E-state index in [0.29, 0.717) is 6.04 Å². The molecule has 2 rings (SSSR count). The van der Waals surface area contributed by atoms with E-state index in [-0.39, 0.29) is 0 Å². The second-order valence-electron chi connectivity index (χ2n) is 3.88. The van der Waals surface area contributed by atoms with Crippen molar-refractivity contribution < 1.29 is 4.74 Å². The van der Waals surface area contributed by atoms with E-state index < -0.39 is 0 Å². The fourth-order valence-electron chi connectivity index (χ4n) is 1.83. The number of ether oxygens (including phenoxy) is 1. The number of benzene rings is 1. The quantitative estimate of drug-likeness (QED) is 0.836. The number of nitrogens with one attached hydrogen (secondary N) is 1. The van der Waals surface area contributed by atoms with Gasteiger partial charge < -0.3 is 10.1 Å². The summed E-state index contributed by atoms with van der Waals surface area (Å²) in [5, 5.41) is 4.32. The van der Waals surface area contributed by atoms with Gasteiger partial charge in [-0.25, -0.2) is 0 Å². The molecule has 1 heterocycles. The average Bonchev–Trinajstić information content (AvgIpc) is 2.31. The van der Waals surface area contributed by atoms with Crippen LogP contribution in [0.2, 0.25) is 5.02 Å². The lowest BCUT2D eigenvalue weighted by molar-refractivity contribution is 0.0904. The first kappa shape index (κ1) is 12.1. The van der Waals surface area contributed by atoms with Crippen LogP contribution in [0.3, 0.4) is 0 Å². The van der Waals surface area contributed by atoms with Crippen molar-refractivity contribution >= 4 is 29.1 Å². The molecule has 1 aliphatic rings. The van der Waals surface area contributed by atoms with Crippen LogP contribution in [-0.4, -0.2) is 25.5 Å². The third-order valence-corrected chi connectivity index (χ3v) is 3.96. The molecule has 0 bridgehead atoms. The SMILES string of the molecule is CSc1ccc(NC2CCOCC2)cc1Cl. The molecule has 0 unspecified atom stereocenters. The molecule has 0 amide bonds. The van der Waals surface area contributed by atoms with Gasteiger partial charge in [0.25, 0.3) is 0 Å². The smallest absolute Gasteiger partial charge is 0.0562 e. The molecule has 0 spiro atoms. The lowest BCUT2D eigenvalue weighted by atomic mass is 10.1. The van der Waals surface area contributed by atoms with E-state index in [1.54, 1.807) is 11.8 Å². The van der Waals surface area contributed by atoms with Gasteiger partial charge in [0.2, 0.25) is 0 Å². The average molecular weight is 258 g/mol. The van der Waals surface area contributed by atoms with Gasteiger partial charge in [0.1, 0.15) is 0 Å². The number of anilines is 1. The van der Waals surface area contributed by atoms with Crippen molar-refractivity contribution in [2.75, 3.05) is 24.8 Å². The monoisotopic (exact) mass is 257 g/mol. The molecule has 0 aromatic heterocycles. The van der Waals surface area contributed by atoms with Crippen LogP contribution < -0.4 is 5.32 Å². The molecule has 0 radical (unpaired) electrons.